The number of thioether (sulfide) groups is 1. The molecule has 6 nitrogen and oxygen atoms in total. The molecule has 36 heavy (non-hydrogen) atoms. The van der Waals surface area contributed by atoms with Crippen molar-refractivity contribution in [3.8, 4) is 0 Å². The number of halogens is 2. The highest BCUT2D eigenvalue weighted by Crippen LogP contribution is 2.74. The molecule has 0 aromatic heterocycles. The van der Waals surface area contributed by atoms with Crippen LogP contribution in [0.2, 0.25) is 0 Å². The minimum Gasteiger partial charge on any atom is -0.465 e. The minimum absolute atomic E-state index is 0.0831. The first kappa shape index (κ1) is 25.0. The fourth-order valence-electron chi connectivity index (χ4n) is 8.30. The van der Waals surface area contributed by atoms with Crippen molar-refractivity contribution >= 4 is 23.5 Å². The predicted octanol–water partition coefficient (Wildman–Crippen LogP) is 4.20. The monoisotopic (exact) mass is 524 g/mol. The van der Waals surface area contributed by atoms with Crippen LogP contribution in [0.25, 0.3) is 0 Å². The molecule has 1 N–H and O–H groups in total. The number of hydrogen-bond donors (Lipinski definition) is 1. The van der Waals surface area contributed by atoms with Gasteiger partial charge in [-0.25, -0.2) is 8.78 Å². The summed E-state index contributed by atoms with van der Waals surface area (Å²) in [4.78, 5) is 23.6. The summed E-state index contributed by atoms with van der Waals surface area (Å²) in [5, 5.41) is 11.2. The highest BCUT2D eigenvalue weighted by atomic mass is 32.2. The number of allylic oxidation sites excluding steroid dienone is 4. The lowest BCUT2D eigenvalue weighted by atomic mass is 9.45. The van der Waals surface area contributed by atoms with E-state index < -0.39 is 57.3 Å². The first-order valence-corrected chi connectivity index (χ1v) is 14.0. The van der Waals surface area contributed by atoms with E-state index in [1.54, 1.807) is 6.92 Å². The van der Waals surface area contributed by atoms with E-state index >= 15 is 8.78 Å². The summed E-state index contributed by atoms with van der Waals surface area (Å²) in [6.07, 6.45) is 2.69. The minimum atomic E-state index is -2.15. The van der Waals surface area contributed by atoms with Gasteiger partial charge >= 0.3 is 5.97 Å². The second kappa shape index (κ2) is 8.10. The van der Waals surface area contributed by atoms with Crippen LogP contribution in [-0.4, -0.2) is 64.0 Å². The first-order chi connectivity index (χ1) is 17.0. The number of carbonyl (C=O) groups excluding carboxylic acids is 2. The van der Waals surface area contributed by atoms with E-state index in [4.69, 9.17) is 14.2 Å². The topological polar surface area (TPSA) is 82.1 Å². The fourth-order valence-corrected chi connectivity index (χ4v) is 10.1. The molecule has 6 rings (SSSR count). The van der Waals surface area contributed by atoms with Gasteiger partial charge in [-0.05, 0) is 56.3 Å². The maximum absolute atomic E-state index is 17.4. The van der Waals surface area contributed by atoms with Gasteiger partial charge in [-0.1, -0.05) is 26.3 Å². The third-order valence-corrected chi connectivity index (χ3v) is 11.9. The van der Waals surface area contributed by atoms with Gasteiger partial charge in [0.1, 0.15) is 22.5 Å². The normalized spacial score (nSPS) is 53.4. The van der Waals surface area contributed by atoms with Crippen molar-refractivity contribution in [2.45, 2.75) is 99.8 Å². The van der Waals surface area contributed by atoms with Crippen LogP contribution in [0.4, 0.5) is 8.78 Å². The van der Waals surface area contributed by atoms with Gasteiger partial charge < -0.3 is 19.3 Å². The van der Waals surface area contributed by atoms with Crippen LogP contribution >= 0.6 is 11.8 Å². The Hall–Kier alpha value is -1.29. The van der Waals surface area contributed by atoms with Crippen molar-refractivity contribution in [3.63, 3.8) is 0 Å². The second-order valence-electron chi connectivity index (χ2n) is 11.8. The Labute approximate surface area is 214 Å². The molecule has 0 aromatic rings. The van der Waals surface area contributed by atoms with Gasteiger partial charge in [0, 0.05) is 23.2 Å². The van der Waals surface area contributed by atoms with Crippen LogP contribution in [-0.2, 0) is 23.8 Å². The molecule has 11 atom stereocenters. The number of alkyl halides is 2. The zero-order chi connectivity index (χ0) is 25.7. The molecule has 0 spiro atoms. The molecule has 0 radical (unpaired) electrons. The van der Waals surface area contributed by atoms with Crippen LogP contribution in [0.15, 0.2) is 23.8 Å². The van der Waals surface area contributed by atoms with E-state index in [0.717, 1.165) is 6.42 Å². The summed E-state index contributed by atoms with van der Waals surface area (Å²) in [7, 11) is 0. The molecular weight excluding hydrogens is 490 g/mol. The number of carbonyl (C=O) groups is 2. The molecule has 6 aliphatic rings. The number of ketones is 1. The zero-order valence-corrected chi connectivity index (χ0v) is 21.7. The lowest BCUT2D eigenvalue weighted by Crippen LogP contribution is -2.69. The van der Waals surface area contributed by atoms with Gasteiger partial charge in [0.25, 0.3) is 0 Å². The molecule has 198 valence electrons. The molecule has 2 saturated heterocycles. The fraction of sp³-hybridized carbons (Fsp3) is 0.778. The second-order valence-corrected chi connectivity index (χ2v) is 13.2. The quantitative estimate of drug-likeness (QED) is 0.552. The Morgan fingerprint density at radius 3 is 2.69 bits per heavy atom. The molecular formula is C27H34F2O6S. The Bertz CT molecular complexity index is 1050. The summed E-state index contributed by atoms with van der Waals surface area (Å²) in [5.41, 5.74) is -4.23. The molecule has 4 aliphatic carbocycles. The lowest BCUT2D eigenvalue weighted by Gasteiger charge is -2.63. The van der Waals surface area contributed by atoms with E-state index in [1.807, 2.05) is 13.8 Å². The van der Waals surface area contributed by atoms with Crippen molar-refractivity contribution in [1.82, 2.24) is 0 Å². The Morgan fingerprint density at radius 2 is 2.00 bits per heavy atom. The summed E-state index contributed by atoms with van der Waals surface area (Å²) in [6, 6.07) is 0. The van der Waals surface area contributed by atoms with Gasteiger partial charge in [-0.15, -0.1) is 11.8 Å². The molecule has 3 saturated carbocycles. The van der Waals surface area contributed by atoms with Crippen molar-refractivity contribution in [1.29, 1.82) is 0 Å². The zero-order valence-electron chi connectivity index (χ0n) is 20.9. The summed E-state index contributed by atoms with van der Waals surface area (Å²) in [6.45, 7) is 5.98. The van der Waals surface area contributed by atoms with Crippen LogP contribution < -0.4 is 0 Å². The van der Waals surface area contributed by atoms with E-state index in [0.29, 0.717) is 25.9 Å². The van der Waals surface area contributed by atoms with E-state index in [9.17, 15) is 14.7 Å². The highest BCUT2D eigenvalue weighted by molar-refractivity contribution is 8.01. The standard InChI is InChI=1S/C27H34F2O6S/c1-4-5-22-34-21-12-15-16-11-18(28)17-10-14(30)6-8-24(17,2)26(16,29)20(31)13-25(15,3)27(21,35-22)36-19-7-9-33-23(19)32/h6,8,10,15-16,18-22,31H,4-5,7,9,11-13H2,1-3H3/t15?,16?,18-,19+,20-,21+,22+,24-,25-,26-,27-/m0/s1. The number of ether oxygens (including phenoxy) is 3. The Kier molecular flexibility index (Phi) is 5.63. The van der Waals surface area contributed by atoms with Crippen LogP contribution in [0.5, 0.6) is 0 Å². The van der Waals surface area contributed by atoms with Gasteiger partial charge in [0.2, 0.25) is 0 Å². The van der Waals surface area contributed by atoms with Crippen molar-refractivity contribution < 1.29 is 37.7 Å². The number of aliphatic hydroxyl groups is 1. The maximum Gasteiger partial charge on any atom is 0.319 e. The molecule has 2 aliphatic heterocycles. The number of esters is 1. The van der Waals surface area contributed by atoms with Crippen LogP contribution in [0.1, 0.15) is 59.3 Å². The molecule has 0 bridgehead atoms. The Morgan fingerprint density at radius 1 is 1.22 bits per heavy atom. The Balaban J connectivity index is 1.43. The average Bonchev–Trinajstić information content (AvgIpc) is 3.44. The predicted molar refractivity (Wildman–Crippen MR) is 128 cm³/mol. The number of hydrogen-bond acceptors (Lipinski definition) is 7. The van der Waals surface area contributed by atoms with Crippen molar-refractivity contribution in [2.75, 3.05) is 6.61 Å². The molecule has 0 amide bonds. The maximum atomic E-state index is 17.4. The van der Waals surface area contributed by atoms with E-state index in [-0.39, 0.29) is 36.1 Å². The largest absolute Gasteiger partial charge is 0.465 e. The molecule has 2 unspecified atom stereocenters. The highest BCUT2D eigenvalue weighted by Gasteiger charge is 2.79. The molecule has 2 heterocycles. The first-order valence-electron chi connectivity index (χ1n) is 13.1. The SMILES string of the molecule is CCC[C@@H]1O[C@@H]2CC3C4C[C@H](F)C5=CC(=O)C=C[C@]5(C)[C@@]4(F)[C@@H](O)C[C@]3(C)[C@]2(S[C@@H]2CCOC2=O)O1. The van der Waals surface area contributed by atoms with Crippen molar-refractivity contribution in [3.05, 3.63) is 23.8 Å². The van der Waals surface area contributed by atoms with Gasteiger partial charge in [-0.2, -0.15) is 0 Å². The van der Waals surface area contributed by atoms with Crippen LogP contribution in [0, 0.1) is 22.7 Å². The number of cyclic esters (lactones) is 1. The summed E-state index contributed by atoms with van der Waals surface area (Å²) in [5.74, 6) is -1.80. The van der Waals surface area contributed by atoms with E-state index in [2.05, 4.69) is 0 Å². The van der Waals surface area contributed by atoms with Gasteiger partial charge in [-0.3, -0.25) is 9.59 Å². The number of aliphatic hydroxyl groups excluding tert-OH is 1. The van der Waals surface area contributed by atoms with Gasteiger partial charge in [0.15, 0.2) is 17.7 Å². The summed E-state index contributed by atoms with van der Waals surface area (Å²) < 4.78 is 51.4. The van der Waals surface area contributed by atoms with Crippen molar-refractivity contribution in [2.24, 2.45) is 22.7 Å². The van der Waals surface area contributed by atoms with Gasteiger partial charge in [0.05, 0.1) is 12.7 Å². The molecule has 0 aromatic carbocycles. The average molecular weight is 525 g/mol. The third-order valence-electron chi connectivity index (χ3n) is 10.1. The smallest absolute Gasteiger partial charge is 0.319 e. The third kappa shape index (κ3) is 3.00. The number of fused-ring (bicyclic) bond motifs is 7. The molecule has 5 fully saturated rings. The van der Waals surface area contributed by atoms with Crippen LogP contribution in [0.3, 0.4) is 0 Å². The number of rotatable bonds is 4. The molecule has 9 heteroatoms. The summed E-state index contributed by atoms with van der Waals surface area (Å²) >= 11 is 1.40. The van der Waals surface area contributed by atoms with E-state index in [1.165, 1.54) is 30.0 Å². The lowest BCUT2D eigenvalue weighted by molar-refractivity contribution is -0.222.